The van der Waals surface area contributed by atoms with Gasteiger partial charge in [-0.05, 0) is 19.3 Å². The van der Waals surface area contributed by atoms with Gasteiger partial charge in [-0.15, -0.1) is 0 Å². The first-order valence-electron chi connectivity index (χ1n) is 6.44. The summed E-state index contributed by atoms with van der Waals surface area (Å²) in [5.74, 6) is 0.814. The minimum Gasteiger partial charge on any atom is -0.504 e. The highest BCUT2D eigenvalue weighted by Gasteiger charge is 2.19. The molecule has 0 aromatic carbocycles. The van der Waals surface area contributed by atoms with Crippen molar-refractivity contribution in [3.8, 4) is 5.75 Å². The zero-order chi connectivity index (χ0) is 12.1. The number of aromatic hydroxyl groups is 1. The third-order valence-electron chi connectivity index (χ3n) is 3.04. The number of rotatable bonds is 6. The van der Waals surface area contributed by atoms with Crippen molar-refractivity contribution in [2.45, 2.75) is 65.8 Å². The molecule has 0 saturated heterocycles. The van der Waals surface area contributed by atoms with Crippen molar-refractivity contribution in [1.29, 1.82) is 0 Å². The normalized spacial score (nSPS) is 13.0. The molecule has 1 atom stereocenters. The SMILES string of the molecule is CCCc1nn(CCC)c(C(C)CC)c1O. The molecule has 1 heterocycles. The lowest BCUT2D eigenvalue weighted by molar-refractivity contribution is 0.447. The molecular formula is C13H24N2O. The standard InChI is InChI=1S/C13H24N2O/c1-5-8-11-13(16)12(10(4)7-3)15(14-11)9-6-2/h10,16H,5-9H2,1-4H3. The molecule has 1 aromatic heterocycles. The molecule has 0 aliphatic carbocycles. The highest BCUT2D eigenvalue weighted by atomic mass is 16.3. The number of aryl methyl sites for hydroxylation is 2. The molecule has 0 saturated carbocycles. The van der Waals surface area contributed by atoms with E-state index in [-0.39, 0.29) is 0 Å². The van der Waals surface area contributed by atoms with E-state index >= 15 is 0 Å². The summed E-state index contributed by atoms with van der Waals surface area (Å²) in [5.41, 5.74) is 1.89. The van der Waals surface area contributed by atoms with Gasteiger partial charge in [-0.25, -0.2) is 0 Å². The predicted octanol–water partition coefficient (Wildman–Crippen LogP) is 3.46. The Labute approximate surface area is 98.5 Å². The topological polar surface area (TPSA) is 38.0 Å². The minimum atomic E-state index is 0.379. The molecule has 0 fully saturated rings. The van der Waals surface area contributed by atoms with Gasteiger partial charge in [0, 0.05) is 12.5 Å². The smallest absolute Gasteiger partial charge is 0.160 e. The summed E-state index contributed by atoms with van der Waals surface area (Å²) in [7, 11) is 0. The summed E-state index contributed by atoms with van der Waals surface area (Å²) in [4.78, 5) is 0. The van der Waals surface area contributed by atoms with Crippen LogP contribution in [-0.2, 0) is 13.0 Å². The lowest BCUT2D eigenvalue weighted by Crippen LogP contribution is -2.07. The summed E-state index contributed by atoms with van der Waals surface area (Å²) in [6.45, 7) is 9.45. The first-order chi connectivity index (χ1) is 7.65. The molecule has 16 heavy (non-hydrogen) atoms. The Kier molecular flexibility index (Phi) is 4.84. The van der Waals surface area contributed by atoms with E-state index in [1.54, 1.807) is 0 Å². The maximum atomic E-state index is 10.2. The van der Waals surface area contributed by atoms with Gasteiger partial charge in [0.15, 0.2) is 5.75 Å². The Morgan fingerprint density at radius 3 is 2.44 bits per heavy atom. The fourth-order valence-corrected chi connectivity index (χ4v) is 1.99. The molecule has 0 radical (unpaired) electrons. The summed E-state index contributed by atoms with van der Waals surface area (Å²) >= 11 is 0. The van der Waals surface area contributed by atoms with E-state index in [9.17, 15) is 5.11 Å². The predicted molar refractivity (Wildman–Crippen MR) is 66.9 cm³/mol. The second kappa shape index (κ2) is 5.92. The second-order valence-electron chi connectivity index (χ2n) is 4.46. The van der Waals surface area contributed by atoms with Crippen LogP contribution in [-0.4, -0.2) is 14.9 Å². The van der Waals surface area contributed by atoms with Crippen molar-refractivity contribution < 1.29 is 5.11 Å². The highest BCUT2D eigenvalue weighted by Crippen LogP contribution is 2.31. The average molecular weight is 224 g/mol. The molecule has 0 bridgehead atoms. The van der Waals surface area contributed by atoms with Gasteiger partial charge in [-0.1, -0.05) is 34.1 Å². The largest absolute Gasteiger partial charge is 0.504 e. The van der Waals surface area contributed by atoms with E-state index in [0.29, 0.717) is 11.7 Å². The van der Waals surface area contributed by atoms with Crippen LogP contribution in [0.3, 0.4) is 0 Å². The number of nitrogens with zero attached hydrogens (tertiary/aromatic N) is 2. The minimum absolute atomic E-state index is 0.379. The van der Waals surface area contributed by atoms with Crippen LogP contribution in [0.1, 0.15) is 64.3 Å². The van der Waals surface area contributed by atoms with Crippen LogP contribution >= 0.6 is 0 Å². The van der Waals surface area contributed by atoms with Crippen LogP contribution in [0.5, 0.6) is 5.75 Å². The summed E-state index contributed by atoms with van der Waals surface area (Å²) in [6.07, 6.45) is 3.98. The maximum Gasteiger partial charge on any atom is 0.160 e. The number of hydrogen-bond donors (Lipinski definition) is 1. The first kappa shape index (κ1) is 13.1. The van der Waals surface area contributed by atoms with Crippen LogP contribution in [0.2, 0.25) is 0 Å². The third kappa shape index (κ3) is 2.57. The molecular weight excluding hydrogens is 200 g/mol. The fraction of sp³-hybridized carbons (Fsp3) is 0.769. The molecule has 3 heteroatoms. The van der Waals surface area contributed by atoms with E-state index in [4.69, 9.17) is 0 Å². The third-order valence-corrected chi connectivity index (χ3v) is 3.04. The van der Waals surface area contributed by atoms with Crippen LogP contribution in [0, 0.1) is 0 Å². The molecule has 1 aromatic rings. The van der Waals surface area contributed by atoms with Gasteiger partial charge in [0.1, 0.15) is 5.69 Å². The zero-order valence-electron chi connectivity index (χ0n) is 11.0. The van der Waals surface area contributed by atoms with Gasteiger partial charge in [-0.2, -0.15) is 5.10 Å². The van der Waals surface area contributed by atoms with Gasteiger partial charge in [0.2, 0.25) is 0 Å². The molecule has 92 valence electrons. The van der Waals surface area contributed by atoms with Crippen LogP contribution < -0.4 is 0 Å². The van der Waals surface area contributed by atoms with E-state index in [1.807, 2.05) is 4.68 Å². The quantitative estimate of drug-likeness (QED) is 0.803. The molecule has 0 amide bonds. The lowest BCUT2D eigenvalue weighted by atomic mass is 10.0. The number of aromatic nitrogens is 2. The van der Waals surface area contributed by atoms with Crippen molar-refractivity contribution in [1.82, 2.24) is 9.78 Å². The fourth-order valence-electron chi connectivity index (χ4n) is 1.99. The highest BCUT2D eigenvalue weighted by molar-refractivity contribution is 5.34. The summed E-state index contributed by atoms with van der Waals surface area (Å²) in [5, 5.41) is 14.7. The molecule has 0 spiro atoms. The summed E-state index contributed by atoms with van der Waals surface area (Å²) < 4.78 is 1.99. The van der Waals surface area contributed by atoms with Gasteiger partial charge >= 0.3 is 0 Å². The van der Waals surface area contributed by atoms with Crippen LogP contribution in [0.4, 0.5) is 0 Å². The van der Waals surface area contributed by atoms with Gasteiger partial charge in [0.25, 0.3) is 0 Å². The van der Waals surface area contributed by atoms with E-state index < -0.39 is 0 Å². The van der Waals surface area contributed by atoms with E-state index in [2.05, 4.69) is 32.8 Å². The van der Waals surface area contributed by atoms with E-state index in [0.717, 1.165) is 43.6 Å². The Bertz CT molecular complexity index is 331. The molecule has 0 aliphatic rings. The van der Waals surface area contributed by atoms with Crippen molar-refractivity contribution in [3.05, 3.63) is 11.4 Å². The van der Waals surface area contributed by atoms with Gasteiger partial charge in [0.05, 0.1) is 5.69 Å². The van der Waals surface area contributed by atoms with Crippen molar-refractivity contribution in [2.75, 3.05) is 0 Å². The van der Waals surface area contributed by atoms with Crippen molar-refractivity contribution in [3.63, 3.8) is 0 Å². The van der Waals surface area contributed by atoms with Crippen molar-refractivity contribution >= 4 is 0 Å². The second-order valence-corrected chi connectivity index (χ2v) is 4.46. The monoisotopic (exact) mass is 224 g/mol. The maximum absolute atomic E-state index is 10.2. The lowest BCUT2D eigenvalue weighted by Gasteiger charge is -2.11. The molecule has 1 N–H and O–H groups in total. The average Bonchev–Trinajstić information content (AvgIpc) is 2.56. The Hall–Kier alpha value is -0.990. The van der Waals surface area contributed by atoms with Gasteiger partial charge < -0.3 is 5.11 Å². The first-order valence-corrected chi connectivity index (χ1v) is 6.44. The van der Waals surface area contributed by atoms with Crippen molar-refractivity contribution in [2.24, 2.45) is 0 Å². The summed E-state index contributed by atoms with van der Waals surface area (Å²) in [6, 6.07) is 0. The zero-order valence-corrected chi connectivity index (χ0v) is 11.0. The molecule has 0 aliphatic heterocycles. The molecule has 3 nitrogen and oxygen atoms in total. The van der Waals surface area contributed by atoms with E-state index in [1.165, 1.54) is 0 Å². The van der Waals surface area contributed by atoms with Crippen LogP contribution in [0.25, 0.3) is 0 Å². The molecule has 1 unspecified atom stereocenters. The number of hydrogen-bond acceptors (Lipinski definition) is 2. The van der Waals surface area contributed by atoms with Crippen LogP contribution in [0.15, 0.2) is 0 Å². The molecule has 1 rings (SSSR count). The van der Waals surface area contributed by atoms with Gasteiger partial charge in [-0.3, -0.25) is 4.68 Å². The Morgan fingerprint density at radius 2 is 1.94 bits per heavy atom. The Balaban J connectivity index is 3.09. The Morgan fingerprint density at radius 1 is 1.25 bits per heavy atom.